The first-order valence-corrected chi connectivity index (χ1v) is 8.13. The van der Waals surface area contributed by atoms with Crippen LogP contribution in [0.2, 0.25) is 0 Å². The van der Waals surface area contributed by atoms with E-state index < -0.39 is 0 Å². The van der Waals surface area contributed by atoms with E-state index in [4.69, 9.17) is 9.47 Å². The van der Waals surface area contributed by atoms with Crippen molar-refractivity contribution < 1.29 is 14.3 Å². The smallest absolute Gasteiger partial charge is 0.255 e. The molecule has 0 aromatic heterocycles. The van der Waals surface area contributed by atoms with Gasteiger partial charge >= 0.3 is 0 Å². The molecule has 1 heterocycles. The van der Waals surface area contributed by atoms with Crippen LogP contribution in [-0.4, -0.2) is 44.9 Å². The second kappa shape index (κ2) is 9.43. The summed E-state index contributed by atoms with van der Waals surface area (Å²) >= 11 is 0. The van der Waals surface area contributed by atoms with Crippen molar-refractivity contribution in [3.63, 3.8) is 0 Å². The highest BCUT2D eigenvalue weighted by Gasteiger charge is 2.18. The number of carbonyl (C=O) groups is 1. The summed E-state index contributed by atoms with van der Waals surface area (Å²) in [5.74, 6) is 0.526. The molecule has 1 atom stereocenters. The Labute approximate surface area is 132 Å². The Morgan fingerprint density at radius 2 is 2.18 bits per heavy atom. The fraction of sp³-hybridized carbons (Fsp3) is 0.588. The summed E-state index contributed by atoms with van der Waals surface area (Å²) < 4.78 is 11.3. The minimum absolute atomic E-state index is 0.0961. The van der Waals surface area contributed by atoms with E-state index in [9.17, 15) is 4.79 Å². The van der Waals surface area contributed by atoms with Crippen molar-refractivity contribution in [3.05, 3.63) is 29.8 Å². The van der Waals surface area contributed by atoms with Crippen LogP contribution in [0.5, 0.6) is 5.75 Å². The Hall–Kier alpha value is -1.59. The Morgan fingerprint density at radius 3 is 2.95 bits per heavy atom. The van der Waals surface area contributed by atoms with Crippen LogP contribution >= 0.6 is 0 Å². The molecule has 1 aromatic rings. The first-order valence-electron chi connectivity index (χ1n) is 8.13. The van der Waals surface area contributed by atoms with Crippen molar-refractivity contribution in [2.75, 3.05) is 32.8 Å². The standard InChI is InChI=1S/C17H26N2O3/c1-2-9-18-10-11-19-17(20)15-7-3-4-8-16(15)22-13-14-6-5-12-21-14/h3-4,7-8,14,18H,2,5-6,9-13H2,1H3,(H,19,20). The normalized spacial score (nSPS) is 17.4. The minimum atomic E-state index is -0.0961. The van der Waals surface area contributed by atoms with E-state index in [-0.39, 0.29) is 12.0 Å². The van der Waals surface area contributed by atoms with Crippen molar-refractivity contribution >= 4 is 5.91 Å². The molecule has 5 heteroatoms. The predicted molar refractivity (Wildman–Crippen MR) is 86.4 cm³/mol. The van der Waals surface area contributed by atoms with Gasteiger partial charge in [0.25, 0.3) is 5.91 Å². The van der Waals surface area contributed by atoms with Crippen LogP contribution in [0.15, 0.2) is 24.3 Å². The average molecular weight is 306 g/mol. The molecule has 1 aliphatic heterocycles. The molecule has 0 spiro atoms. The van der Waals surface area contributed by atoms with Crippen molar-refractivity contribution in [1.82, 2.24) is 10.6 Å². The molecule has 0 bridgehead atoms. The highest BCUT2D eigenvalue weighted by molar-refractivity contribution is 5.96. The highest BCUT2D eigenvalue weighted by atomic mass is 16.5. The van der Waals surface area contributed by atoms with E-state index >= 15 is 0 Å². The van der Waals surface area contributed by atoms with Crippen molar-refractivity contribution in [1.29, 1.82) is 0 Å². The molecule has 5 nitrogen and oxygen atoms in total. The lowest BCUT2D eigenvalue weighted by Crippen LogP contribution is -2.32. The van der Waals surface area contributed by atoms with Gasteiger partial charge in [-0.1, -0.05) is 19.1 Å². The second-order valence-electron chi connectivity index (χ2n) is 5.45. The van der Waals surface area contributed by atoms with Gasteiger partial charge < -0.3 is 20.1 Å². The van der Waals surface area contributed by atoms with E-state index in [1.807, 2.05) is 18.2 Å². The molecule has 1 fully saturated rings. The third-order valence-corrected chi connectivity index (χ3v) is 3.59. The van der Waals surface area contributed by atoms with Crippen molar-refractivity contribution in [2.24, 2.45) is 0 Å². The lowest BCUT2D eigenvalue weighted by Gasteiger charge is -2.14. The van der Waals surface area contributed by atoms with Crippen LogP contribution in [0.25, 0.3) is 0 Å². The molecule has 0 radical (unpaired) electrons. The Kier molecular flexibility index (Phi) is 7.19. The molecule has 1 saturated heterocycles. The van der Waals surface area contributed by atoms with Gasteiger partial charge in [0.2, 0.25) is 0 Å². The number of rotatable bonds is 9. The first-order chi connectivity index (χ1) is 10.8. The molecular formula is C17H26N2O3. The SMILES string of the molecule is CCCNCCNC(=O)c1ccccc1OCC1CCCO1. The van der Waals surface area contributed by atoms with Gasteiger partial charge in [-0.25, -0.2) is 0 Å². The Bertz CT molecular complexity index is 459. The third kappa shape index (κ3) is 5.31. The van der Waals surface area contributed by atoms with E-state index in [0.29, 0.717) is 24.5 Å². The summed E-state index contributed by atoms with van der Waals surface area (Å²) in [6.45, 7) is 5.78. The molecule has 2 N–H and O–H groups in total. The average Bonchev–Trinajstić information content (AvgIpc) is 3.06. The molecule has 1 aromatic carbocycles. The van der Waals surface area contributed by atoms with Gasteiger partial charge in [-0.05, 0) is 37.9 Å². The first kappa shape index (κ1) is 16.8. The molecule has 1 amide bonds. The van der Waals surface area contributed by atoms with E-state index in [1.165, 1.54) is 0 Å². The number of amides is 1. The van der Waals surface area contributed by atoms with E-state index in [1.54, 1.807) is 6.07 Å². The van der Waals surface area contributed by atoms with Gasteiger partial charge in [-0.2, -0.15) is 0 Å². The zero-order chi connectivity index (χ0) is 15.6. The molecular weight excluding hydrogens is 280 g/mol. The fourth-order valence-electron chi connectivity index (χ4n) is 2.40. The number of para-hydroxylation sites is 1. The fourth-order valence-corrected chi connectivity index (χ4v) is 2.40. The van der Waals surface area contributed by atoms with Crippen LogP contribution in [0, 0.1) is 0 Å². The zero-order valence-electron chi connectivity index (χ0n) is 13.3. The second-order valence-corrected chi connectivity index (χ2v) is 5.45. The Morgan fingerprint density at radius 1 is 1.32 bits per heavy atom. The van der Waals surface area contributed by atoms with E-state index in [2.05, 4.69) is 17.6 Å². The maximum Gasteiger partial charge on any atom is 0.255 e. The van der Waals surface area contributed by atoms with Crippen LogP contribution < -0.4 is 15.4 Å². The molecule has 2 rings (SSSR count). The molecule has 22 heavy (non-hydrogen) atoms. The number of hydrogen-bond acceptors (Lipinski definition) is 4. The van der Waals surface area contributed by atoms with Gasteiger partial charge in [0.15, 0.2) is 0 Å². The number of hydrogen-bond donors (Lipinski definition) is 2. The maximum absolute atomic E-state index is 12.2. The van der Waals surface area contributed by atoms with Crippen molar-refractivity contribution in [3.8, 4) is 5.75 Å². The van der Waals surface area contributed by atoms with Crippen LogP contribution in [0.1, 0.15) is 36.5 Å². The number of ether oxygens (including phenoxy) is 2. The summed E-state index contributed by atoms with van der Waals surface area (Å²) in [6.07, 6.45) is 3.35. The zero-order valence-corrected chi connectivity index (χ0v) is 13.3. The lowest BCUT2D eigenvalue weighted by atomic mass is 10.2. The van der Waals surface area contributed by atoms with Crippen LogP contribution in [0.3, 0.4) is 0 Å². The van der Waals surface area contributed by atoms with Crippen LogP contribution in [0.4, 0.5) is 0 Å². The Balaban J connectivity index is 1.82. The third-order valence-electron chi connectivity index (χ3n) is 3.59. The van der Waals surface area contributed by atoms with Gasteiger partial charge in [0.1, 0.15) is 12.4 Å². The molecule has 0 aliphatic carbocycles. The molecule has 122 valence electrons. The number of nitrogens with one attached hydrogen (secondary N) is 2. The minimum Gasteiger partial charge on any atom is -0.490 e. The topological polar surface area (TPSA) is 59.6 Å². The highest BCUT2D eigenvalue weighted by Crippen LogP contribution is 2.20. The van der Waals surface area contributed by atoms with Gasteiger partial charge in [0, 0.05) is 19.7 Å². The summed E-state index contributed by atoms with van der Waals surface area (Å²) in [5, 5.41) is 6.17. The molecule has 1 unspecified atom stereocenters. The predicted octanol–water partition coefficient (Wildman–Crippen LogP) is 1.97. The molecule has 0 saturated carbocycles. The van der Waals surface area contributed by atoms with Gasteiger partial charge in [-0.15, -0.1) is 0 Å². The monoisotopic (exact) mass is 306 g/mol. The molecule has 1 aliphatic rings. The quantitative estimate of drug-likeness (QED) is 0.685. The largest absolute Gasteiger partial charge is 0.490 e. The van der Waals surface area contributed by atoms with Gasteiger partial charge in [-0.3, -0.25) is 4.79 Å². The summed E-state index contributed by atoms with van der Waals surface area (Å²) in [7, 11) is 0. The summed E-state index contributed by atoms with van der Waals surface area (Å²) in [5.41, 5.74) is 0.580. The van der Waals surface area contributed by atoms with E-state index in [0.717, 1.165) is 39.0 Å². The number of benzene rings is 1. The van der Waals surface area contributed by atoms with Crippen LogP contribution in [-0.2, 0) is 4.74 Å². The summed E-state index contributed by atoms with van der Waals surface area (Å²) in [4.78, 5) is 12.2. The van der Waals surface area contributed by atoms with Gasteiger partial charge in [0.05, 0.1) is 11.7 Å². The summed E-state index contributed by atoms with van der Waals surface area (Å²) in [6, 6.07) is 7.35. The lowest BCUT2D eigenvalue weighted by molar-refractivity contribution is 0.0670. The van der Waals surface area contributed by atoms with Crippen molar-refractivity contribution in [2.45, 2.75) is 32.3 Å². The number of carbonyl (C=O) groups excluding carboxylic acids is 1. The maximum atomic E-state index is 12.2.